The molecule has 0 aliphatic carbocycles. The Morgan fingerprint density at radius 2 is 2.10 bits per heavy atom. The Kier molecular flexibility index (Phi) is 3.87. The molecule has 0 spiro atoms. The minimum absolute atomic E-state index is 0.248. The molecule has 0 saturated carbocycles. The van der Waals surface area contributed by atoms with Crippen molar-refractivity contribution in [1.29, 1.82) is 0 Å². The Balaban J connectivity index is 1.81. The maximum Gasteiger partial charge on any atom is 0.127 e. The van der Waals surface area contributed by atoms with E-state index in [1.165, 1.54) is 17.3 Å². The molecule has 1 unspecified atom stereocenters. The molecular formula is C17H17ClFNO. The average molecular weight is 306 g/mol. The second-order valence-electron chi connectivity index (χ2n) is 5.52. The lowest BCUT2D eigenvalue weighted by atomic mass is 9.98. The van der Waals surface area contributed by atoms with Gasteiger partial charge in [0.15, 0.2) is 0 Å². The maximum atomic E-state index is 13.8. The molecule has 0 fully saturated rings. The third-order valence-corrected chi connectivity index (χ3v) is 4.28. The monoisotopic (exact) mass is 305 g/mol. The summed E-state index contributed by atoms with van der Waals surface area (Å²) >= 11 is 5.74. The molecule has 1 N–H and O–H groups in total. The third kappa shape index (κ3) is 2.89. The van der Waals surface area contributed by atoms with Crippen LogP contribution < -0.4 is 4.90 Å². The van der Waals surface area contributed by atoms with E-state index in [9.17, 15) is 9.50 Å². The zero-order chi connectivity index (χ0) is 15.0. The molecule has 1 heterocycles. The summed E-state index contributed by atoms with van der Waals surface area (Å²) in [6.07, 6.45) is 0.524. The van der Waals surface area contributed by atoms with Gasteiger partial charge in [-0.25, -0.2) is 4.39 Å². The molecule has 1 atom stereocenters. The average Bonchev–Trinajstić information content (AvgIpc) is 2.83. The molecule has 0 aromatic heterocycles. The van der Waals surface area contributed by atoms with E-state index in [1.54, 1.807) is 12.1 Å². The van der Waals surface area contributed by atoms with Crippen LogP contribution in [0.15, 0.2) is 36.4 Å². The molecule has 0 bridgehead atoms. The largest absolute Gasteiger partial charge is 0.388 e. The van der Waals surface area contributed by atoms with Gasteiger partial charge in [0.05, 0.1) is 6.10 Å². The summed E-state index contributed by atoms with van der Waals surface area (Å²) < 4.78 is 13.8. The van der Waals surface area contributed by atoms with E-state index in [0.717, 1.165) is 18.5 Å². The lowest BCUT2D eigenvalue weighted by molar-refractivity contribution is 0.177. The normalized spacial score (nSPS) is 15.1. The smallest absolute Gasteiger partial charge is 0.127 e. The van der Waals surface area contributed by atoms with Gasteiger partial charge in [-0.15, -0.1) is 0 Å². The first-order valence-corrected chi connectivity index (χ1v) is 7.38. The quantitative estimate of drug-likeness (QED) is 0.933. The highest BCUT2D eigenvalue weighted by molar-refractivity contribution is 6.30. The van der Waals surface area contributed by atoms with E-state index in [2.05, 4.69) is 11.9 Å². The highest BCUT2D eigenvalue weighted by atomic mass is 35.5. The van der Waals surface area contributed by atoms with E-state index in [4.69, 9.17) is 11.6 Å². The van der Waals surface area contributed by atoms with E-state index in [-0.39, 0.29) is 12.2 Å². The van der Waals surface area contributed by atoms with Gasteiger partial charge in [-0.05, 0) is 41.3 Å². The van der Waals surface area contributed by atoms with Crippen molar-refractivity contribution in [2.24, 2.45) is 0 Å². The Morgan fingerprint density at radius 1 is 1.29 bits per heavy atom. The summed E-state index contributed by atoms with van der Waals surface area (Å²) in [6, 6.07) is 10.5. The first kappa shape index (κ1) is 14.4. The molecule has 4 heteroatoms. The van der Waals surface area contributed by atoms with Crippen LogP contribution in [0.4, 0.5) is 10.1 Å². The molecule has 110 valence electrons. The van der Waals surface area contributed by atoms with E-state index in [0.29, 0.717) is 10.6 Å². The van der Waals surface area contributed by atoms with Gasteiger partial charge in [-0.1, -0.05) is 29.8 Å². The van der Waals surface area contributed by atoms with Crippen molar-refractivity contribution in [2.75, 3.05) is 18.5 Å². The molecule has 3 rings (SSSR count). The van der Waals surface area contributed by atoms with Crippen molar-refractivity contribution in [2.45, 2.75) is 18.9 Å². The van der Waals surface area contributed by atoms with Gasteiger partial charge in [0, 0.05) is 30.7 Å². The summed E-state index contributed by atoms with van der Waals surface area (Å²) in [4.78, 5) is 2.20. The lowest BCUT2D eigenvalue weighted by Crippen LogP contribution is -2.12. The van der Waals surface area contributed by atoms with Crippen molar-refractivity contribution < 1.29 is 9.50 Å². The Hall–Kier alpha value is -1.58. The molecule has 21 heavy (non-hydrogen) atoms. The number of halogens is 2. The fraction of sp³-hybridized carbons (Fsp3) is 0.294. The summed E-state index contributed by atoms with van der Waals surface area (Å²) in [6.45, 7) is 1.00. The zero-order valence-corrected chi connectivity index (χ0v) is 12.6. The van der Waals surface area contributed by atoms with Gasteiger partial charge >= 0.3 is 0 Å². The van der Waals surface area contributed by atoms with Crippen molar-refractivity contribution in [3.05, 3.63) is 63.9 Å². The lowest BCUT2D eigenvalue weighted by Gasteiger charge is -2.15. The van der Waals surface area contributed by atoms with E-state index >= 15 is 0 Å². The van der Waals surface area contributed by atoms with Gasteiger partial charge in [0.1, 0.15) is 5.82 Å². The molecule has 1 aliphatic heterocycles. The summed E-state index contributed by atoms with van der Waals surface area (Å²) in [5, 5.41) is 10.7. The Bertz CT molecular complexity index is 674. The molecule has 1 aliphatic rings. The van der Waals surface area contributed by atoms with Crippen molar-refractivity contribution in [3.63, 3.8) is 0 Å². The molecule has 2 nitrogen and oxygen atoms in total. The first-order chi connectivity index (χ1) is 10.0. The van der Waals surface area contributed by atoms with Crippen LogP contribution in [0.1, 0.15) is 22.8 Å². The summed E-state index contributed by atoms with van der Waals surface area (Å²) in [5.41, 5.74) is 3.76. The number of hydrogen-bond donors (Lipinski definition) is 1. The molecule has 0 radical (unpaired) electrons. The van der Waals surface area contributed by atoms with Crippen LogP contribution in [-0.4, -0.2) is 18.7 Å². The van der Waals surface area contributed by atoms with Crippen LogP contribution in [0.5, 0.6) is 0 Å². The number of benzene rings is 2. The molecule has 0 amide bonds. The highest BCUT2D eigenvalue weighted by Gasteiger charge is 2.18. The fourth-order valence-corrected chi connectivity index (χ4v) is 2.97. The van der Waals surface area contributed by atoms with Crippen LogP contribution >= 0.6 is 11.6 Å². The van der Waals surface area contributed by atoms with Gasteiger partial charge < -0.3 is 10.0 Å². The first-order valence-electron chi connectivity index (χ1n) is 7.00. The number of aliphatic hydroxyl groups excluding tert-OH is 1. The van der Waals surface area contributed by atoms with Crippen molar-refractivity contribution >= 4 is 17.3 Å². The second kappa shape index (κ2) is 5.66. The van der Waals surface area contributed by atoms with Crippen LogP contribution in [0.25, 0.3) is 0 Å². The summed E-state index contributed by atoms with van der Waals surface area (Å²) in [7, 11) is 2.06. The fourth-order valence-electron chi connectivity index (χ4n) is 2.81. The number of aliphatic hydroxyl groups is 1. The Morgan fingerprint density at radius 3 is 2.86 bits per heavy atom. The number of anilines is 1. The molecular weight excluding hydrogens is 289 g/mol. The van der Waals surface area contributed by atoms with Gasteiger partial charge in [0.25, 0.3) is 0 Å². The predicted molar refractivity (Wildman–Crippen MR) is 83.5 cm³/mol. The number of hydrogen-bond acceptors (Lipinski definition) is 2. The van der Waals surface area contributed by atoms with Crippen LogP contribution in [0, 0.1) is 5.82 Å². The topological polar surface area (TPSA) is 23.5 Å². The summed E-state index contributed by atoms with van der Waals surface area (Å²) in [5.74, 6) is -0.373. The standard InChI is InChI=1S/C17H17ClFNO/c1-20-7-6-12-8-13(3-5-16(12)20)17(21)9-11-2-4-14(18)10-15(11)19/h2-5,8,10,17,21H,6-7,9H2,1H3. The van der Waals surface area contributed by atoms with Gasteiger partial charge in [0.2, 0.25) is 0 Å². The SMILES string of the molecule is CN1CCc2cc(C(O)Cc3ccc(Cl)cc3F)ccc21. The molecule has 2 aromatic rings. The predicted octanol–water partition coefficient (Wildman–Crippen LogP) is 3.75. The zero-order valence-electron chi connectivity index (χ0n) is 11.8. The maximum absolute atomic E-state index is 13.8. The van der Waals surface area contributed by atoms with E-state index in [1.807, 2.05) is 18.2 Å². The molecule has 0 saturated heterocycles. The number of fused-ring (bicyclic) bond motifs is 1. The number of likely N-dealkylation sites (N-methyl/N-ethyl adjacent to an activating group) is 1. The highest BCUT2D eigenvalue weighted by Crippen LogP contribution is 2.30. The van der Waals surface area contributed by atoms with Crippen LogP contribution in [-0.2, 0) is 12.8 Å². The van der Waals surface area contributed by atoms with Gasteiger partial charge in [-0.2, -0.15) is 0 Å². The van der Waals surface area contributed by atoms with Crippen LogP contribution in [0.2, 0.25) is 5.02 Å². The second-order valence-corrected chi connectivity index (χ2v) is 5.95. The van der Waals surface area contributed by atoms with Crippen molar-refractivity contribution in [1.82, 2.24) is 0 Å². The minimum atomic E-state index is -0.711. The third-order valence-electron chi connectivity index (χ3n) is 4.04. The van der Waals surface area contributed by atoms with Crippen molar-refractivity contribution in [3.8, 4) is 0 Å². The molecule has 2 aromatic carbocycles. The van der Waals surface area contributed by atoms with E-state index < -0.39 is 6.10 Å². The minimum Gasteiger partial charge on any atom is -0.388 e. The van der Waals surface area contributed by atoms with Crippen LogP contribution in [0.3, 0.4) is 0 Å². The number of nitrogens with zero attached hydrogens (tertiary/aromatic N) is 1. The Labute approximate surface area is 128 Å². The van der Waals surface area contributed by atoms with Gasteiger partial charge in [-0.3, -0.25) is 0 Å². The number of rotatable bonds is 3.